The SMILES string of the molecule is CC(c1ccc2c(c1)CN(c1ccccc1)CO2)(c1ccc2c(c1)CN(c1ccccc1)CO2)c1ccc2c(c1)CN(c1ccccc1)CO2. The Hall–Kier alpha value is -5.88. The third kappa shape index (κ3) is 5.47. The lowest BCUT2D eigenvalue weighted by molar-refractivity contribution is 0.288. The molecular formula is C44H39N3O3. The van der Waals surface area contributed by atoms with Crippen LogP contribution in [0.4, 0.5) is 17.1 Å². The second-order valence-corrected chi connectivity index (χ2v) is 13.5. The minimum absolute atomic E-state index is 0.488. The van der Waals surface area contributed by atoms with E-state index in [1.54, 1.807) is 0 Å². The van der Waals surface area contributed by atoms with Crippen LogP contribution in [-0.2, 0) is 25.0 Å². The molecule has 0 radical (unpaired) electrons. The maximum atomic E-state index is 6.31. The van der Waals surface area contributed by atoms with E-state index >= 15 is 0 Å². The normalized spacial score (nSPS) is 15.2. The second kappa shape index (κ2) is 12.5. The molecule has 0 unspecified atom stereocenters. The molecule has 3 aliphatic heterocycles. The number of hydrogen-bond acceptors (Lipinski definition) is 6. The summed E-state index contributed by atoms with van der Waals surface area (Å²) in [4.78, 5) is 6.85. The molecule has 6 aromatic rings. The fourth-order valence-corrected chi connectivity index (χ4v) is 7.57. The van der Waals surface area contributed by atoms with Gasteiger partial charge >= 0.3 is 0 Å². The number of rotatable bonds is 6. The van der Waals surface area contributed by atoms with Gasteiger partial charge in [-0.2, -0.15) is 0 Å². The van der Waals surface area contributed by atoms with E-state index in [0.717, 1.165) is 53.9 Å². The van der Waals surface area contributed by atoms with Gasteiger partial charge in [0.05, 0.1) is 0 Å². The number of hydrogen-bond donors (Lipinski definition) is 0. The summed E-state index contributed by atoms with van der Waals surface area (Å²) in [6.07, 6.45) is 0. The highest BCUT2D eigenvalue weighted by Gasteiger charge is 2.35. The van der Waals surface area contributed by atoms with Gasteiger partial charge in [0.25, 0.3) is 0 Å². The predicted molar refractivity (Wildman–Crippen MR) is 199 cm³/mol. The first-order chi connectivity index (χ1) is 24.6. The van der Waals surface area contributed by atoms with Crippen LogP contribution >= 0.6 is 0 Å². The molecule has 248 valence electrons. The van der Waals surface area contributed by atoms with Crippen LogP contribution < -0.4 is 28.9 Å². The standard InChI is InChI=1S/C44H39N3O3/c1-44(35-17-20-41-32(23-35)26-45(29-48-41)38-11-5-2-6-12-38,36-18-21-42-33(24-36)27-46(30-49-42)39-13-7-3-8-14-39)37-19-22-43-34(25-37)28-47(31-50-43)40-15-9-4-10-16-40/h2-25H,26-31H2,1H3. The van der Waals surface area contributed by atoms with Gasteiger partial charge in [0.15, 0.2) is 20.2 Å². The van der Waals surface area contributed by atoms with Gasteiger partial charge < -0.3 is 28.9 Å². The highest BCUT2D eigenvalue weighted by Crippen LogP contribution is 2.45. The molecule has 0 fully saturated rings. The van der Waals surface area contributed by atoms with Crippen LogP contribution in [-0.4, -0.2) is 20.2 Å². The van der Waals surface area contributed by atoms with Gasteiger partial charge in [0.1, 0.15) is 17.2 Å². The van der Waals surface area contributed by atoms with Crippen LogP contribution in [0.15, 0.2) is 146 Å². The van der Waals surface area contributed by atoms with Crippen molar-refractivity contribution in [2.45, 2.75) is 32.0 Å². The molecule has 3 heterocycles. The van der Waals surface area contributed by atoms with E-state index < -0.39 is 5.41 Å². The van der Waals surface area contributed by atoms with Crippen LogP contribution in [0.2, 0.25) is 0 Å². The van der Waals surface area contributed by atoms with E-state index in [1.807, 2.05) is 0 Å². The second-order valence-electron chi connectivity index (χ2n) is 13.5. The summed E-state index contributed by atoms with van der Waals surface area (Å²) in [5.41, 5.74) is 10.1. The first-order valence-electron chi connectivity index (χ1n) is 17.3. The summed E-state index contributed by atoms with van der Waals surface area (Å²) in [6.45, 7) is 6.26. The maximum Gasteiger partial charge on any atom is 0.161 e. The third-order valence-electron chi connectivity index (χ3n) is 10.5. The highest BCUT2D eigenvalue weighted by molar-refractivity contribution is 5.60. The number of nitrogens with zero attached hydrogens (tertiary/aromatic N) is 3. The van der Waals surface area contributed by atoms with Gasteiger partial charge in [-0.05, 0) is 96.4 Å². The first kappa shape index (κ1) is 30.2. The van der Waals surface area contributed by atoms with Gasteiger partial charge in [-0.15, -0.1) is 0 Å². The lowest BCUT2D eigenvalue weighted by Gasteiger charge is -2.37. The molecule has 0 saturated carbocycles. The maximum absolute atomic E-state index is 6.31. The smallest absolute Gasteiger partial charge is 0.161 e. The quantitative estimate of drug-likeness (QED) is 0.166. The van der Waals surface area contributed by atoms with Crippen molar-refractivity contribution in [3.8, 4) is 17.2 Å². The van der Waals surface area contributed by atoms with Crippen molar-refractivity contribution in [2.75, 3.05) is 34.9 Å². The van der Waals surface area contributed by atoms with Gasteiger partial charge in [0.2, 0.25) is 0 Å². The van der Waals surface area contributed by atoms with E-state index in [-0.39, 0.29) is 0 Å². The molecule has 6 aromatic carbocycles. The third-order valence-corrected chi connectivity index (χ3v) is 10.5. The Balaban J connectivity index is 1.14. The molecule has 3 aliphatic rings. The minimum atomic E-state index is -0.488. The van der Waals surface area contributed by atoms with Crippen LogP contribution in [0.3, 0.4) is 0 Å². The largest absolute Gasteiger partial charge is 0.473 e. The van der Waals surface area contributed by atoms with Crippen molar-refractivity contribution in [3.05, 3.63) is 179 Å². The lowest BCUT2D eigenvalue weighted by Crippen LogP contribution is -2.34. The van der Waals surface area contributed by atoms with E-state index in [0.29, 0.717) is 20.2 Å². The molecule has 0 N–H and O–H groups in total. The number of ether oxygens (including phenoxy) is 3. The lowest BCUT2D eigenvalue weighted by atomic mass is 9.70. The fourth-order valence-electron chi connectivity index (χ4n) is 7.57. The molecule has 0 bridgehead atoms. The van der Waals surface area contributed by atoms with Crippen LogP contribution in [0.1, 0.15) is 40.3 Å². The van der Waals surface area contributed by atoms with E-state index in [9.17, 15) is 0 Å². The number of fused-ring (bicyclic) bond motifs is 3. The Morgan fingerprint density at radius 3 is 1.00 bits per heavy atom. The molecule has 0 saturated heterocycles. The van der Waals surface area contributed by atoms with E-state index in [4.69, 9.17) is 14.2 Å². The molecule has 50 heavy (non-hydrogen) atoms. The zero-order valence-electron chi connectivity index (χ0n) is 28.2. The number of benzene rings is 6. The summed E-state index contributed by atoms with van der Waals surface area (Å²) in [5.74, 6) is 2.83. The Bertz CT molecular complexity index is 1900. The summed E-state index contributed by atoms with van der Waals surface area (Å²) < 4.78 is 18.9. The highest BCUT2D eigenvalue weighted by atomic mass is 16.5. The molecule has 9 rings (SSSR count). The average molecular weight is 658 g/mol. The molecule has 0 amide bonds. The van der Waals surface area contributed by atoms with Gasteiger partial charge in [-0.3, -0.25) is 0 Å². The van der Waals surface area contributed by atoms with Crippen LogP contribution in [0, 0.1) is 0 Å². The van der Waals surface area contributed by atoms with Crippen molar-refractivity contribution < 1.29 is 14.2 Å². The van der Waals surface area contributed by atoms with Crippen molar-refractivity contribution in [1.82, 2.24) is 0 Å². The van der Waals surface area contributed by atoms with E-state index in [2.05, 4.69) is 167 Å². The predicted octanol–water partition coefficient (Wildman–Crippen LogP) is 9.11. The van der Waals surface area contributed by atoms with Crippen LogP contribution in [0.5, 0.6) is 17.2 Å². The molecular weight excluding hydrogens is 619 g/mol. The average Bonchev–Trinajstić information content (AvgIpc) is 3.20. The minimum Gasteiger partial charge on any atom is -0.473 e. The van der Waals surface area contributed by atoms with Crippen molar-refractivity contribution in [1.29, 1.82) is 0 Å². The van der Waals surface area contributed by atoms with Crippen molar-refractivity contribution in [3.63, 3.8) is 0 Å². The number of anilines is 3. The molecule has 0 atom stereocenters. The molecule has 0 spiro atoms. The molecule has 6 heteroatoms. The fraction of sp³-hybridized carbons (Fsp3) is 0.182. The Morgan fingerprint density at radius 2 is 0.700 bits per heavy atom. The van der Waals surface area contributed by atoms with E-state index in [1.165, 1.54) is 33.4 Å². The Labute approximate surface area is 293 Å². The summed E-state index contributed by atoms with van der Waals surface area (Å²) in [5, 5.41) is 0. The zero-order chi connectivity index (χ0) is 33.5. The van der Waals surface area contributed by atoms with Gasteiger partial charge in [-0.25, -0.2) is 0 Å². The molecule has 0 aromatic heterocycles. The Kier molecular flexibility index (Phi) is 7.57. The molecule has 0 aliphatic carbocycles. The first-order valence-corrected chi connectivity index (χ1v) is 17.3. The van der Waals surface area contributed by atoms with Gasteiger partial charge in [-0.1, -0.05) is 72.8 Å². The topological polar surface area (TPSA) is 37.4 Å². The summed E-state index contributed by atoms with van der Waals surface area (Å²) in [7, 11) is 0. The van der Waals surface area contributed by atoms with Gasteiger partial charge in [0, 0.05) is 58.8 Å². The van der Waals surface area contributed by atoms with Crippen molar-refractivity contribution >= 4 is 17.1 Å². The summed E-state index contributed by atoms with van der Waals surface area (Å²) in [6, 6.07) is 51.7. The Morgan fingerprint density at radius 1 is 0.400 bits per heavy atom. The number of para-hydroxylation sites is 3. The van der Waals surface area contributed by atoms with Crippen molar-refractivity contribution in [2.24, 2.45) is 0 Å². The monoisotopic (exact) mass is 657 g/mol. The molecule has 6 nitrogen and oxygen atoms in total. The summed E-state index contributed by atoms with van der Waals surface area (Å²) >= 11 is 0. The zero-order valence-corrected chi connectivity index (χ0v) is 28.2. The van der Waals surface area contributed by atoms with Crippen LogP contribution in [0.25, 0.3) is 0 Å².